The molecule has 3 aromatic carbocycles. The second kappa shape index (κ2) is 10.3. The fourth-order valence-electron chi connectivity index (χ4n) is 3.04. The Kier molecular flexibility index (Phi) is 7.24. The molecule has 0 saturated carbocycles. The number of cyclic esters (lactones) is 1. The van der Waals surface area contributed by atoms with E-state index in [1.54, 1.807) is 42.5 Å². The van der Waals surface area contributed by atoms with Crippen LogP contribution in [0.25, 0.3) is 6.08 Å². The van der Waals surface area contributed by atoms with Gasteiger partial charge in [-0.1, -0.05) is 34.1 Å². The lowest BCUT2D eigenvalue weighted by molar-refractivity contribution is -0.129. The van der Waals surface area contributed by atoms with Gasteiger partial charge in [-0.15, -0.1) is 0 Å². The minimum absolute atomic E-state index is 0.167. The number of aliphatic imine (C=N–C) groups is 1. The minimum Gasteiger partial charge on any atom is -0.490 e. The van der Waals surface area contributed by atoms with Crippen molar-refractivity contribution in [3.63, 3.8) is 0 Å². The number of nitrogens with zero attached hydrogens (tertiary/aromatic N) is 1. The lowest BCUT2D eigenvalue weighted by atomic mass is 10.1. The molecule has 3 aromatic rings. The Hall–Kier alpha value is -2.98. The Morgan fingerprint density at radius 1 is 1.12 bits per heavy atom. The summed E-state index contributed by atoms with van der Waals surface area (Å²) in [5, 5.41) is 0. The Morgan fingerprint density at radius 3 is 2.55 bits per heavy atom. The lowest BCUT2D eigenvalue weighted by Gasteiger charge is -2.13. The standard InChI is InChI=1S/C25H17BrINO5/c1-2-31-21-14-15(12-19(27)22(21)32-24(29)17-6-4-3-5-7-17)13-20-25(30)33-23(28-20)16-8-10-18(26)11-9-16/h3-14H,2H2,1H3/b20-13-. The van der Waals surface area contributed by atoms with Crippen LogP contribution in [-0.2, 0) is 9.53 Å². The molecule has 1 heterocycles. The van der Waals surface area contributed by atoms with Crippen LogP contribution in [-0.4, -0.2) is 24.4 Å². The van der Waals surface area contributed by atoms with Crippen LogP contribution in [0, 0.1) is 3.57 Å². The predicted molar refractivity (Wildman–Crippen MR) is 136 cm³/mol. The van der Waals surface area contributed by atoms with E-state index in [1.165, 1.54) is 0 Å². The number of benzene rings is 3. The molecule has 8 heteroatoms. The molecule has 0 atom stereocenters. The first kappa shape index (κ1) is 23.2. The average molecular weight is 618 g/mol. The van der Waals surface area contributed by atoms with Crippen molar-refractivity contribution >= 4 is 62.4 Å². The van der Waals surface area contributed by atoms with Gasteiger partial charge in [-0.3, -0.25) is 0 Å². The smallest absolute Gasteiger partial charge is 0.363 e. The third-order valence-corrected chi connectivity index (χ3v) is 5.88. The maximum absolute atomic E-state index is 12.5. The normalized spacial score (nSPS) is 14.1. The van der Waals surface area contributed by atoms with Crippen molar-refractivity contribution < 1.29 is 23.8 Å². The van der Waals surface area contributed by atoms with E-state index in [0.717, 1.165) is 4.47 Å². The maximum Gasteiger partial charge on any atom is 0.363 e. The van der Waals surface area contributed by atoms with Gasteiger partial charge in [0, 0.05) is 10.0 Å². The van der Waals surface area contributed by atoms with Crippen molar-refractivity contribution in [1.82, 2.24) is 0 Å². The zero-order chi connectivity index (χ0) is 23.4. The topological polar surface area (TPSA) is 74.2 Å². The molecular weight excluding hydrogens is 601 g/mol. The summed E-state index contributed by atoms with van der Waals surface area (Å²) < 4.78 is 18.2. The van der Waals surface area contributed by atoms with Gasteiger partial charge in [0.2, 0.25) is 5.90 Å². The van der Waals surface area contributed by atoms with Gasteiger partial charge < -0.3 is 14.2 Å². The number of carbonyl (C=O) groups excluding carboxylic acids is 2. The SMILES string of the molecule is CCOc1cc(/C=C2\N=C(c3ccc(Br)cc3)OC2=O)cc(I)c1OC(=O)c1ccccc1. The molecular formula is C25H17BrINO5. The van der Waals surface area contributed by atoms with Gasteiger partial charge in [0.15, 0.2) is 17.2 Å². The average Bonchev–Trinajstić information content (AvgIpc) is 3.17. The third-order valence-electron chi connectivity index (χ3n) is 4.55. The first-order chi connectivity index (χ1) is 15.9. The Balaban J connectivity index is 1.64. The van der Waals surface area contributed by atoms with E-state index in [-0.39, 0.29) is 11.6 Å². The Bertz CT molecular complexity index is 1270. The quantitative estimate of drug-likeness (QED) is 0.146. The first-order valence-corrected chi connectivity index (χ1v) is 11.8. The summed E-state index contributed by atoms with van der Waals surface area (Å²) in [5.74, 6) is -0.0680. The third kappa shape index (κ3) is 5.51. The van der Waals surface area contributed by atoms with Gasteiger partial charge in [-0.25, -0.2) is 14.6 Å². The van der Waals surface area contributed by atoms with Crippen LogP contribution in [0.3, 0.4) is 0 Å². The summed E-state index contributed by atoms with van der Waals surface area (Å²) in [4.78, 5) is 29.3. The number of esters is 2. The predicted octanol–water partition coefficient (Wildman–Crippen LogP) is 6.02. The lowest BCUT2D eigenvalue weighted by Crippen LogP contribution is -2.10. The molecule has 0 fully saturated rings. The number of hydrogen-bond acceptors (Lipinski definition) is 6. The van der Waals surface area contributed by atoms with Gasteiger partial charge in [-0.2, -0.15) is 0 Å². The minimum atomic E-state index is -0.541. The summed E-state index contributed by atoms with van der Waals surface area (Å²) >= 11 is 5.45. The molecule has 1 aliphatic rings. The highest BCUT2D eigenvalue weighted by Crippen LogP contribution is 2.36. The number of ether oxygens (including phenoxy) is 3. The summed E-state index contributed by atoms with van der Waals surface area (Å²) in [5.41, 5.74) is 1.96. The van der Waals surface area contributed by atoms with E-state index in [1.807, 2.05) is 37.3 Å². The van der Waals surface area contributed by atoms with Crippen molar-refractivity contribution in [2.45, 2.75) is 6.92 Å². The summed E-state index contributed by atoms with van der Waals surface area (Å²) in [7, 11) is 0. The van der Waals surface area contributed by atoms with E-state index >= 15 is 0 Å². The summed E-state index contributed by atoms with van der Waals surface area (Å²) in [6.07, 6.45) is 1.61. The van der Waals surface area contributed by atoms with Crippen LogP contribution < -0.4 is 9.47 Å². The molecule has 0 bridgehead atoms. The molecule has 6 nitrogen and oxygen atoms in total. The van der Waals surface area contributed by atoms with Crippen LogP contribution in [0.1, 0.15) is 28.4 Å². The maximum atomic E-state index is 12.5. The second-order valence-electron chi connectivity index (χ2n) is 6.86. The number of carbonyl (C=O) groups is 2. The van der Waals surface area contributed by atoms with Crippen LogP contribution in [0.2, 0.25) is 0 Å². The molecule has 1 aliphatic heterocycles. The molecule has 0 unspecified atom stereocenters. The molecule has 0 radical (unpaired) electrons. The van der Waals surface area contributed by atoms with E-state index in [9.17, 15) is 9.59 Å². The van der Waals surface area contributed by atoms with Crippen molar-refractivity contribution in [3.05, 3.63) is 97.2 Å². The van der Waals surface area contributed by atoms with E-state index < -0.39 is 11.9 Å². The Labute approximate surface area is 212 Å². The van der Waals surface area contributed by atoms with Crippen LogP contribution in [0.5, 0.6) is 11.5 Å². The second-order valence-corrected chi connectivity index (χ2v) is 8.94. The van der Waals surface area contributed by atoms with Gasteiger partial charge in [0.25, 0.3) is 0 Å². The molecule has 0 spiro atoms. The molecule has 0 N–H and O–H groups in total. The highest BCUT2D eigenvalue weighted by molar-refractivity contribution is 14.1. The monoisotopic (exact) mass is 617 g/mol. The highest BCUT2D eigenvalue weighted by Gasteiger charge is 2.25. The molecule has 0 saturated heterocycles. The van der Waals surface area contributed by atoms with Crippen LogP contribution in [0.15, 0.2) is 81.9 Å². The van der Waals surface area contributed by atoms with Crippen LogP contribution in [0.4, 0.5) is 0 Å². The molecule has 33 heavy (non-hydrogen) atoms. The largest absolute Gasteiger partial charge is 0.490 e. The fraction of sp³-hybridized carbons (Fsp3) is 0.0800. The van der Waals surface area contributed by atoms with Gasteiger partial charge in [0.1, 0.15) is 0 Å². The van der Waals surface area contributed by atoms with E-state index in [2.05, 4.69) is 43.5 Å². The van der Waals surface area contributed by atoms with Gasteiger partial charge in [-0.05, 0) is 89.7 Å². The van der Waals surface area contributed by atoms with Crippen molar-refractivity contribution in [2.75, 3.05) is 6.61 Å². The zero-order valence-corrected chi connectivity index (χ0v) is 21.1. The molecule has 0 aromatic heterocycles. The summed E-state index contributed by atoms with van der Waals surface area (Å²) in [6.45, 7) is 2.21. The van der Waals surface area contributed by atoms with Crippen molar-refractivity contribution in [1.29, 1.82) is 0 Å². The zero-order valence-electron chi connectivity index (χ0n) is 17.4. The van der Waals surface area contributed by atoms with E-state index in [0.29, 0.717) is 38.4 Å². The number of hydrogen-bond donors (Lipinski definition) is 0. The highest BCUT2D eigenvalue weighted by atomic mass is 127. The molecule has 166 valence electrons. The van der Waals surface area contributed by atoms with E-state index in [4.69, 9.17) is 14.2 Å². The fourth-order valence-corrected chi connectivity index (χ4v) is 4.04. The van der Waals surface area contributed by atoms with Gasteiger partial charge >= 0.3 is 11.9 Å². The van der Waals surface area contributed by atoms with Crippen LogP contribution >= 0.6 is 38.5 Å². The van der Waals surface area contributed by atoms with Crippen molar-refractivity contribution in [3.8, 4) is 11.5 Å². The Morgan fingerprint density at radius 2 is 1.85 bits per heavy atom. The van der Waals surface area contributed by atoms with Crippen molar-refractivity contribution in [2.24, 2.45) is 4.99 Å². The first-order valence-electron chi connectivity index (χ1n) is 9.96. The molecule has 0 aliphatic carbocycles. The molecule has 4 rings (SSSR count). The summed E-state index contributed by atoms with van der Waals surface area (Å²) in [6, 6.07) is 19.5. The number of halogens is 2. The number of rotatable bonds is 6. The van der Waals surface area contributed by atoms with Gasteiger partial charge in [0.05, 0.1) is 15.7 Å². The molecule has 0 amide bonds.